The number of carbonyl (C=O) groups is 2. The zero-order valence-corrected chi connectivity index (χ0v) is 11.3. The molecule has 1 rings (SSSR count). The molecule has 3 N–H and O–H groups in total. The van der Waals surface area contributed by atoms with Gasteiger partial charge in [0.1, 0.15) is 0 Å². The van der Waals surface area contributed by atoms with Gasteiger partial charge in [-0.3, -0.25) is 4.79 Å². The van der Waals surface area contributed by atoms with E-state index in [1.165, 1.54) is 6.07 Å². The van der Waals surface area contributed by atoms with Crippen LogP contribution in [0, 0.1) is 0 Å². The summed E-state index contributed by atoms with van der Waals surface area (Å²) in [5, 5.41) is 2.71. The number of hydrogen-bond acceptors (Lipinski definition) is 4. The number of anilines is 1. The average Bonchev–Trinajstić information content (AvgIpc) is 2.38. The number of nitrogens with one attached hydrogen (secondary N) is 1. The van der Waals surface area contributed by atoms with E-state index in [1.807, 2.05) is 6.92 Å². The van der Waals surface area contributed by atoms with Crippen molar-refractivity contribution in [1.82, 2.24) is 5.32 Å². The predicted octanol–water partition coefficient (Wildman–Crippen LogP) is 1.73. The highest BCUT2D eigenvalue weighted by atomic mass is 16.5. The number of rotatable bonds is 6. The van der Waals surface area contributed by atoms with Gasteiger partial charge in [0.05, 0.1) is 5.56 Å². The summed E-state index contributed by atoms with van der Waals surface area (Å²) in [6.45, 7) is 4.18. The fourth-order valence-corrected chi connectivity index (χ4v) is 1.48. The van der Waals surface area contributed by atoms with Gasteiger partial charge < -0.3 is 15.8 Å². The maximum Gasteiger partial charge on any atom is 0.338 e. The minimum Gasteiger partial charge on any atom is -0.449 e. The van der Waals surface area contributed by atoms with Gasteiger partial charge in [-0.15, -0.1) is 0 Å². The van der Waals surface area contributed by atoms with Crippen molar-refractivity contribution in [2.45, 2.75) is 32.8 Å². The molecule has 5 nitrogen and oxygen atoms in total. The van der Waals surface area contributed by atoms with E-state index in [9.17, 15) is 9.59 Å². The van der Waals surface area contributed by atoms with Crippen LogP contribution in [0.3, 0.4) is 0 Å². The van der Waals surface area contributed by atoms with E-state index in [4.69, 9.17) is 10.5 Å². The fourth-order valence-electron chi connectivity index (χ4n) is 1.48. The van der Waals surface area contributed by atoms with E-state index in [1.54, 1.807) is 25.1 Å². The molecule has 0 aromatic heterocycles. The number of esters is 1. The Kier molecular flexibility index (Phi) is 5.85. The van der Waals surface area contributed by atoms with E-state index < -0.39 is 12.1 Å². The van der Waals surface area contributed by atoms with Crippen LogP contribution >= 0.6 is 0 Å². The minimum atomic E-state index is -0.814. The van der Waals surface area contributed by atoms with Crippen LogP contribution in [0.2, 0.25) is 0 Å². The van der Waals surface area contributed by atoms with Crippen molar-refractivity contribution >= 4 is 17.6 Å². The number of benzene rings is 1. The number of nitrogens with two attached hydrogens (primary N) is 1. The molecule has 5 heteroatoms. The summed E-state index contributed by atoms with van der Waals surface area (Å²) in [7, 11) is 0. The summed E-state index contributed by atoms with van der Waals surface area (Å²) >= 11 is 0. The van der Waals surface area contributed by atoms with E-state index in [2.05, 4.69) is 5.32 Å². The molecule has 0 aliphatic carbocycles. The van der Waals surface area contributed by atoms with Crippen LogP contribution in [0.25, 0.3) is 0 Å². The Balaban J connectivity index is 2.49. The maximum absolute atomic E-state index is 11.8. The number of ether oxygens (including phenoxy) is 1. The first-order chi connectivity index (χ1) is 9.04. The van der Waals surface area contributed by atoms with Gasteiger partial charge in [0.2, 0.25) is 0 Å². The minimum absolute atomic E-state index is 0.286. The van der Waals surface area contributed by atoms with Crippen LogP contribution in [-0.2, 0) is 9.53 Å². The Labute approximate surface area is 113 Å². The smallest absolute Gasteiger partial charge is 0.338 e. The van der Waals surface area contributed by atoms with Crippen molar-refractivity contribution in [3.05, 3.63) is 29.8 Å². The number of amides is 1. The molecular formula is C14H20N2O3. The van der Waals surface area contributed by atoms with Gasteiger partial charge in [0.15, 0.2) is 6.10 Å². The maximum atomic E-state index is 11.8. The van der Waals surface area contributed by atoms with E-state index in [0.29, 0.717) is 17.8 Å². The first-order valence-electron chi connectivity index (χ1n) is 6.38. The van der Waals surface area contributed by atoms with Crippen molar-refractivity contribution in [3.63, 3.8) is 0 Å². The molecule has 0 fully saturated rings. The summed E-state index contributed by atoms with van der Waals surface area (Å²) < 4.78 is 5.08. The number of hydrogen-bond donors (Lipinski definition) is 2. The van der Waals surface area contributed by atoms with Crippen LogP contribution in [0.1, 0.15) is 37.0 Å². The third-order valence-electron chi connectivity index (χ3n) is 2.60. The highest BCUT2D eigenvalue weighted by Gasteiger charge is 2.18. The summed E-state index contributed by atoms with van der Waals surface area (Å²) in [5.74, 6) is -0.837. The van der Waals surface area contributed by atoms with Crippen LogP contribution in [0.15, 0.2) is 24.3 Å². The van der Waals surface area contributed by atoms with Gasteiger partial charge in [-0.1, -0.05) is 19.4 Å². The topological polar surface area (TPSA) is 81.4 Å². The molecule has 1 atom stereocenters. The molecular weight excluding hydrogens is 244 g/mol. The van der Waals surface area contributed by atoms with Crippen molar-refractivity contribution < 1.29 is 14.3 Å². The molecule has 0 radical (unpaired) electrons. The number of nitrogen functional groups attached to an aromatic ring is 1. The lowest BCUT2D eigenvalue weighted by Gasteiger charge is -2.13. The lowest BCUT2D eigenvalue weighted by molar-refractivity contribution is -0.129. The highest BCUT2D eigenvalue weighted by Crippen LogP contribution is 2.09. The summed E-state index contributed by atoms with van der Waals surface area (Å²) in [5.41, 5.74) is 6.40. The third kappa shape index (κ3) is 4.99. The zero-order valence-electron chi connectivity index (χ0n) is 11.3. The van der Waals surface area contributed by atoms with Crippen LogP contribution in [0.4, 0.5) is 5.69 Å². The van der Waals surface area contributed by atoms with Crippen LogP contribution < -0.4 is 11.1 Å². The molecule has 104 valence electrons. The number of carbonyl (C=O) groups excluding carboxylic acids is 2. The molecule has 0 saturated heterocycles. The normalized spacial score (nSPS) is 11.7. The highest BCUT2D eigenvalue weighted by molar-refractivity contribution is 5.92. The lowest BCUT2D eigenvalue weighted by atomic mass is 10.2. The van der Waals surface area contributed by atoms with E-state index in [-0.39, 0.29) is 5.91 Å². The molecule has 0 heterocycles. The Morgan fingerprint density at radius 1 is 1.42 bits per heavy atom. The molecule has 0 aliphatic heterocycles. The number of unbranched alkanes of at least 4 members (excludes halogenated alkanes) is 1. The second-order valence-electron chi connectivity index (χ2n) is 4.32. The summed E-state index contributed by atoms with van der Waals surface area (Å²) in [4.78, 5) is 23.4. The molecule has 0 spiro atoms. The van der Waals surface area contributed by atoms with Gasteiger partial charge in [0.25, 0.3) is 5.91 Å². The zero-order chi connectivity index (χ0) is 14.3. The van der Waals surface area contributed by atoms with Crippen molar-refractivity contribution in [2.75, 3.05) is 12.3 Å². The first-order valence-corrected chi connectivity index (χ1v) is 6.38. The predicted molar refractivity (Wildman–Crippen MR) is 73.6 cm³/mol. The Morgan fingerprint density at radius 2 is 2.16 bits per heavy atom. The quantitative estimate of drug-likeness (QED) is 0.466. The third-order valence-corrected chi connectivity index (χ3v) is 2.60. The molecule has 0 aliphatic rings. The van der Waals surface area contributed by atoms with Gasteiger partial charge >= 0.3 is 5.97 Å². The Bertz CT molecular complexity index is 446. The Hall–Kier alpha value is -2.04. The van der Waals surface area contributed by atoms with Crippen molar-refractivity contribution in [2.24, 2.45) is 0 Å². The summed E-state index contributed by atoms with van der Waals surface area (Å²) in [6.07, 6.45) is 1.09. The van der Waals surface area contributed by atoms with Gasteiger partial charge in [-0.25, -0.2) is 4.79 Å². The first kappa shape index (κ1) is 15.0. The van der Waals surface area contributed by atoms with Crippen LogP contribution in [0.5, 0.6) is 0 Å². The monoisotopic (exact) mass is 264 g/mol. The summed E-state index contributed by atoms with van der Waals surface area (Å²) in [6, 6.07) is 6.46. The van der Waals surface area contributed by atoms with Crippen molar-refractivity contribution in [1.29, 1.82) is 0 Å². The van der Waals surface area contributed by atoms with E-state index >= 15 is 0 Å². The molecule has 1 aromatic rings. The largest absolute Gasteiger partial charge is 0.449 e. The molecule has 19 heavy (non-hydrogen) atoms. The van der Waals surface area contributed by atoms with Crippen LogP contribution in [-0.4, -0.2) is 24.5 Å². The average molecular weight is 264 g/mol. The standard InChI is InChI=1S/C14H20N2O3/c1-3-4-8-16-13(17)10(2)19-14(18)11-6-5-7-12(15)9-11/h5-7,9-10H,3-4,8,15H2,1-2H3,(H,16,17). The second-order valence-corrected chi connectivity index (χ2v) is 4.32. The molecule has 0 saturated carbocycles. The van der Waals surface area contributed by atoms with Crippen molar-refractivity contribution in [3.8, 4) is 0 Å². The van der Waals surface area contributed by atoms with Gasteiger partial charge in [-0.2, -0.15) is 0 Å². The molecule has 0 bridgehead atoms. The fraction of sp³-hybridized carbons (Fsp3) is 0.429. The lowest BCUT2D eigenvalue weighted by Crippen LogP contribution is -2.36. The SMILES string of the molecule is CCCCNC(=O)C(C)OC(=O)c1cccc(N)c1. The van der Waals surface area contributed by atoms with E-state index in [0.717, 1.165) is 12.8 Å². The molecule has 1 aromatic carbocycles. The molecule has 1 unspecified atom stereocenters. The van der Waals surface area contributed by atoms with Gasteiger partial charge in [-0.05, 0) is 31.5 Å². The van der Waals surface area contributed by atoms with Gasteiger partial charge in [0, 0.05) is 12.2 Å². The molecule has 1 amide bonds. The second kappa shape index (κ2) is 7.41. The Morgan fingerprint density at radius 3 is 2.79 bits per heavy atom.